The Balaban J connectivity index is 0.00000441. The van der Waals surface area contributed by atoms with E-state index in [-0.39, 0.29) is 24.0 Å². The van der Waals surface area contributed by atoms with E-state index < -0.39 is 0 Å². The average Bonchev–Trinajstić information content (AvgIpc) is 2.52. The fraction of sp³-hybridized carbons (Fsp3) is 0.438. The predicted octanol–water partition coefficient (Wildman–Crippen LogP) is 2.61. The molecule has 1 rings (SSSR count). The lowest BCUT2D eigenvalue weighted by molar-refractivity contribution is 0.354. The zero-order chi connectivity index (χ0) is 15.5. The van der Waals surface area contributed by atoms with Crippen molar-refractivity contribution in [1.29, 1.82) is 0 Å². The van der Waals surface area contributed by atoms with Gasteiger partial charge in [0.15, 0.2) is 17.5 Å². The summed E-state index contributed by atoms with van der Waals surface area (Å²) in [6.45, 7) is 7.95. The molecule has 0 spiro atoms. The van der Waals surface area contributed by atoms with Crippen LogP contribution in [0.4, 0.5) is 0 Å². The number of ether oxygens (including phenoxy) is 2. The topological polar surface area (TPSA) is 54.9 Å². The largest absolute Gasteiger partial charge is 0.493 e. The Kier molecular flexibility index (Phi) is 11.3. The van der Waals surface area contributed by atoms with Crippen molar-refractivity contribution in [2.45, 2.75) is 13.3 Å². The number of hydrogen-bond acceptors (Lipinski definition) is 3. The summed E-state index contributed by atoms with van der Waals surface area (Å²) in [4.78, 5) is 4.52. The molecule has 0 unspecified atom stereocenters. The van der Waals surface area contributed by atoms with Gasteiger partial charge in [-0.05, 0) is 31.0 Å². The second-order valence-corrected chi connectivity index (χ2v) is 4.37. The highest BCUT2D eigenvalue weighted by Crippen LogP contribution is 2.27. The SMILES string of the molecule is C=CCNC(=NCCc1ccc(OC)c(OC)c1)NCC.I. The maximum Gasteiger partial charge on any atom is 0.191 e. The van der Waals surface area contributed by atoms with Gasteiger partial charge in [-0.3, -0.25) is 4.99 Å². The van der Waals surface area contributed by atoms with Crippen molar-refractivity contribution < 1.29 is 9.47 Å². The number of hydrogen-bond donors (Lipinski definition) is 2. The molecule has 0 heterocycles. The standard InChI is InChI=1S/C16H25N3O2.HI/c1-5-10-18-16(17-6-2)19-11-9-13-7-8-14(20-3)15(12-13)21-4;/h5,7-8,12H,1,6,9-11H2,2-4H3,(H2,17,18,19);1H. The van der Waals surface area contributed by atoms with Gasteiger partial charge in [-0.25, -0.2) is 0 Å². The van der Waals surface area contributed by atoms with Crippen LogP contribution in [0.15, 0.2) is 35.8 Å². The van der Waals surface area contributed by atoms with Crippen molar-refractivity contribution in [3.8, 4) is 11.5 Å². The van der Waals surface area contributed by atoms with Crippen LogP contribution in [0.25, 0.3) is 0 Å². The molecule has 0 amide bonds. The minimum atomic E-state index is 0. The molecule has 0 aromatic heterocycles. The Labute approximate surface area is 150 Å². The van der Waals surface area contributed by atoms with Gasteiger partial charge in [0.25, 0.3) is 0 Å². The van der Waals surface area contributed by atoms with E-state index in [0.29, 0.717) is 13.1 Å². The van der Waals surface area contributed by atoms with Crippen LogP contribution in [-0.4, -0.2) is 39.8 Å². The van der Waals surface area contributed by atoms with E-state index in [2.05, 4.69) is 22.2 Å². The van der Waals surface area contributed by atoms with Crippen molar-refractivity contribution in [2.75, 3.05) is 33.9 Å². The third-order valence-corrected chi connectivity index (χ3v) is 2.88. The number of methoxy groups -OCH3 is 2. The van der Waals surface area contributed by atoms with E-state index in [1.165, 1.54) is 0 Å². The van der Waals surface area contributed by atoms with Crippen molar-refractivity contribution in [1.82, 2.24) is 10.6 Å². The smallest absolute Gasteiger partial charge is 0.191 e. The number of benzene rings is 1. The number of nitrogens with one attached hydrogen (secondary N) is 2. The highest BCUT2D eigenvalue weighted by Gasteiger charge is 2.04. The molecule has 0 aliphatic rings. The number of halogens is 1. The van der Waals surface area contributed by atoms with Gasteiger partial charge in [-0.15, -0.1) is 30.6 Å². The monoisotopic (exact) mass is 419 g/mol. The molecule has 0 atom stereocenters. The van der Waals surface area contributed by atoms with Gasteiger partial charge in [0, 0.05) is 19.6 Å². The number of aliphatic imine (C=N–C) groups is 1. The molecular weight excluding hydrogens is 393 g/mol. The molecule has 0 saturated carbocycles. The Bertz CT molecular complexity index is 478. The summed E-state index contributed by atoms with van der Waals surface area (Å²) in [6.07, 6.45) is 2.65. The fourth-order valence-electron chi connectivity index (χ4n) is 1.84. The molecule has 1 aromatic carbocycles. The zero-order valence-electron chi connectivity index (χ0n) is 13.5. The van der Waals surface area contributed by atoms with Gasteiger partial charge in [-0.2, -0.15) is 0 Å². The van der Waals surface area contributed by atoms with Crippen LogP contribution in [0.1, 0.15) is 12.5 Å². The summed E-state index contributed by atoms with van der Waals surface area (Å²) in [5.41, 5.74) is 1.16. The molecule has 0 saturated heterocycles. The normalized spacial score (nSPS) is 10.4. The average molecular weight is 419 g/mol. The van der Waals surface area contributed by atoms with E-state index in [9.17, 15) is 0 Å². The summed E-state index contributed by atoms with van der Waals surface area (Å²) in [7, 11) is 3.28. The first-order chi connectivity index (χ1) is 10.2. The first-order valence-corrected chi connectivity index (χ1v) is 7.09. The second-order valence-electron chi connectivity index (χ2n) is 4.37. The van der Waals surface area contributed by atoms with Gasteiger partial charge in [0.1, 0.15) is 0 Å². The van der Waals surface area contributed by atoms with E-state index >= 15 is 0 Å². The predicted molar refractivity (Wildman–Crippen MR) is 103 cm³/mol. The van der Waals surface area contributed by atoms with Crippen LogP contribution in [0.3, 0.4) is 0 Å². The number of nitrogens with zero attached hydrogens (tertiary/aromatic N) is 1. The number of rotatable bonds is 8. The van der Waals surface area contributed by atoms with E-state index in [4.69, 9.17) is 9.47 Å². The Hall–Kier alpha value is -1.44. The maximum atomic E-state index is 5.30. The van der Waals surface area contributed by atoms with Crippen LogP contribution in [0, 0.1) is 0 Å². The van der Waals surface area contributed by atoms with Crippen LogP contribution >= 0.6 is 24.0 Å². The highest BCUT2D eigenvalue weighted by molar-refractivity contribution is 14.0. The van der Waals surface area contributed by atoms with Gasteiger partial charge < -0.3 is 20.1 Å². The Morgan fingerprint density at radius 3 is 2.55 bits per heavy atom. The zero-order valence-corrected chi connectivity index (χ0v) is 15.8. The third kappa shape index (κ3) is 7.02. The summed E-state index contributed by atoms with van der Waals surface area (Å²) in [5.74, 6) is 2.29. The molecule has 0 bridgehead atoms. The summed E-state index contributed by atoms with van der Waals surface area (Å²) in [6, 6.07) is 5.93. The van der Waals surface area contributed by atoms with E-state index in [0.717, 1.165) is 36.0 Å². The number of guanidine groups is 1. The molecule has 1 aromatic rings. The summed E-state index contributed by atoms with van der Waals surface area (Å²) < 4.78 is 10.5. The lowest BCUT2D eigenvalue weighted by atomic mass is 10.1. The van der Waals surface area contributed by atoms with Crippen molar-refractivity contribution in [3.63, 3.8) is 0 Å². The summed E-state index contributed by atoms with van der Waals surface area (Å²) >= 11 is 0. The lowest BCUT2D eigenvalue weighted by Gasteiger charge is -2.10. The minimum absolute atomic E-state index is 0. The van der Waals surface area contributed by atoms with Crippen LogP contribution in [0.2, 0.25) is 0 Å². The van der Waals surface area contributed by atoms with Crippen LogP contribution in [-0.2, 0) is 6.42 Å². The van der Waals surface area contributed by atoms with Gasteiger partial charge in [0.05, 0.1) is 14.2 Å². The maximum absolute atomic E-state index is 5.30. The molecule has 2 N–H and O–H groups in total. The molecular formula is C16H26IN3O2. The van der Waals surface area contributed by atoms with Crippen molar-refractivity contribution in [3.05, 3.63) is 36.4 Å². The fourth-order valence-corrected chi connectivity index (χ4v) is 1.84. The van der Waals surface area contributed by atoms with Crippen LogP contribution in [0.5, 0.6) is 11.5 Å². The first kappa shape index (κ1) is 20.6. The van der Waals surface area contributed by atoms with Crippen LogP contribution < -0.4 is 20.1 Å². The second kappa shape index (κ2) is 12.1. The molecule has 124 valence electrons. The summed E-state index contributed by atoms with van der Waals surface area (Å²) in [5, 5.41) is 6.36. The highest BCUT2D eigenvalue weighted by atomic mass is 127. The molecule has 22 heavy (non-hydrogen) atoms. The van der Waals surface area contributed by atoms with Gasteiger partial charge in [-0.1, -0.05) is 12.1 Å². The molecule has 5 nitrogen and oxygen atoms in total. The Morgan fingerprint density at radius 1 is 1.23 bits per heavy atom. The van der Waals surface area contributed by atoms with Gasteiger partial charge >= 0.3 is 0 Å². The van der Waals surface area contributed by atoms with Crippen molar-refractivity contribution >= 4 is 29.9 Å². The molecule has 0 aliphatic heterocycles. The molecule has 0 radical (unpaired) electrons. The molecule has 0 fully saturated rings. The minimum Gasteiger partial charge on any atom is -0.493 e. The van der Waals surface area contributed by atoms with E-state index in [1.54, 1.807) is 20.3 Å². The quantitative estimate of drug-likeness (QED) is 0.295. The Morgan fingerprint density at radius 2 is 1.95 bits per heavy atom. The first-order valence-electron chi connectivity index (χ1n) is 7.09. The lowest BCUT2D eigenvalue weighted by Crippen LogP contribution is -2.37. The van der Waals surface area contributed by atoms with Gasteiger partial charge in [0.2, 0.25) is 0 Å². The molecule has 0 aliphatic carbocycles. The molecule has 6 heteroatoms. The van der Waals surface area contributed by atoms with E-state index in [1.807, 2.05) is 25.1 Å². The van der Waals surface area contributed by atoms with Crippen molar-refractivity contribution in [2.24, 2.45) is 4.99 Å². The third-order valence-electron chi connectivity index (χ3n) is 2.88.